The number of rotatable bonds is 6. The maximum absolute atomic E-state index is 13.9. The summed E-state index contributed by atoms with van der Waals surface area (Å²) in [4.78, 5) is 28.9. The van der Waals surface area contributed by atoms with Crippen LogP contribution in [-0.4, -0.2) is 42.7 Å². The fourth-order valence-electron chi connectivity index (χ4n) is 3.96. The van der Waals surface area contributed by atoms with Crippen LogP contribution in [0.3, 0.4) is 0 Å². The summed E-state index contributed by atoms with van der Waals surface area (Å²) in [6.07, 6.45) is 0. The van der Waals surface area contributed by atoms with Crippen LogP contribution < -0.4 is 14.8 Å². The first-order valence-corrected chi connectivity index (χ1v) is 12.1. The summed E-state index contributed by atoms with van der Waals surface area (Å²) in [6.45, 7) is 4.04. The van der Waals surface area contributed by atoms with Crippen molar-refractivity contribution >= 4 is 29.3 Å². The van der Waals surface area contributed by atoms with E-state index in [0.717, 1.165) is 22.4 Å². The van der Waals surface area contributed by atoms with Crippen molar-refractivity contribution in [3.8, 4) is 11.5 Å². The molecule has 0 aliphatic carbocycles. The maximum atomic E-state index is 13.9. The summed E-state index contributed by atoms with van der Waals surface area (Å²) in [5.74, 6) is 1.06. The number of benzene rings is 3. The number of anilines is 1. The molecule has 6 nitrogen and oxygen atoms in total. The molecule has 1 aliphatic heterocycles. The van der Waals surface area contributed by atoms with Gasteiger partial charge in [0.15, 0.2) is 0 Å². The van der Waals surface area contributed by atoms with Crippen LogP contribution in [0.25, 0.3) is 0 Å². The third kappa shape index (κ3) is 4.89. The molecule has 1 fully saturated rings. The minimum absolute atomic E-state index is 0.211. The Morgan fingerprint density at radius 3 is 2.21 bits per heavy atom. The Kier molecular flexibility index (Phi) is 7.12. The number of ether oxygens (including phenoxy) is 2. The van der Waals surface area contributed by atoms with Crippen LogP contribution in [0, 0.1) is 13.8 Å². The van der Waals surface area contributed by atoms with Gasteiger partial charge in [-0.15, -0.1) is 11.8 Å². The molecule has 1 saturated heterocycles. The number of hydrogen-bond acceptors (Lipinski definition) is 5. The highest BCUT2D eigenvalue weighted by Gasteiger charge is 2.42. The van der Waals surface area contributed by atoms with Gasteiger partial charge in [-0.3, -0.25) is 9.59 Å². The highest BCUT2D eigenvalue weighted by Crippen LogP contribution is 2.43. The van der Waals surface area contributed by atoms with Gasteiger partial charge >= 0.3 is 0 Å². The number of amides is 2. The second-order valence-corrected chi connectivity index (χ2v) is 9.33. The maximum Gasteiger partial charge on any atom is 0.256 e. The van der Waals surface area contributed by atoms with E-state index in [0.29, 0.717) is 22.8 Å². The monoisotopic (exact) mass is 476 g/mol. The quantitative estimate of drug-likeness (QED) is 0.529. The van der Waals surface area contributed by atoms with Gasteiger partial charge in [-0.1, -0.05) is 36.4 Å². The normalized spacial score (nSPS) is 17.4. The number of nitrogens with zero attached hydrogens (tertiary/aromatic N) is 1. The molecule has 1 heterocycles. The Bertz CT molecular complexity index is 1180. The molecule has 176 valence electrons. The molecule has 0 bridgehead atoms. The molecule has 2 unspecified atom stereocenters. The van der Waals surface area contributed by atoms with Crippen molar-refractivity contribution in [2.45, 2.75) is 25.3 Å². The molecule has 4 rings (SSSR count). The van der Waals surface area contributed by atoms with E-state index in [9.17, 15) is 9.59 Å². The van der Waals surface area contributed by atoms with Crippen molar-refractivity contribution in [2.75, 3.05) is 25.3 Å². The first-order chi connectivity index (χ1) is 16.4. The van der Waals surface area contributed by atoms with Gasteiger partial charge in [0, 0.05) is 23.1 Å². The molecule has 7 heteroatoms. The van der Waals surface area contributed by atoms with Gasteiger partial charge in [-0.2, -0.15) is 0 Å². The molecule has 1 N–H and O–H groups in total. The standard InChI is InChI=1S/C27H28N2O4S/c1-17-10-11-21(12-18(17)2)28-25(30)24-16-34-27(19-8-6-5-7-9-19)29(24)26(31)20-13-22(32-3)15-23(14-20)33-4/h5-15,24,27H,16H2,1-4H3,(H,28,30). The summed E-state index contributed by atoms with van der Waals surface area (Å²) in [5, 5.41) is 2.72. The molecule has 3 aromatic rings. The van der Waals surface area contributed by atoms with Crippen molar-refractivity contribution in [3.63, 3.8) is 0 Å². The third-order valence-electron chi connectivity index (χ3n) is 6.00. The van der Waals surface area contributed by atoms with E-state index in [4.69, 9.17) is 9.47 Å². The fraction of sp³-hybridized carbons (Fsp3) is 0.259. The predicted octanol–water partition coefficient (Wildman–Crippen LogP) is 5.22. The number of carbonyl (C=O) groups excluding carboxylic acids is 2. The fourth-order valence-corrected chi connectivity index (χ4v) is 5.39. The van der Waals surface area contributed by atoms with Crippen molar-refractivity contribution in [1.29, 1.82) is 0 Å². The molecule has 2 amide bonds. The van der Waals surface area contributed by atoms with E-state index in [1.807, 2.05) is 62.4 Å². The van der Waals surface area contributed by atoms with Crippen LogP contribution in [0.4, 0.5) is 5.69 Å². The van der Waals surface area contributed by atoms with Gasteiger partial charge in [0.2, 0.25) is 5.91 Å². The summed E-state index contributed by atoms with van der Waals surface area (Å²) >= 11 is 1.58. The number of thioether (sulfide) groups is 1. The lowest BCUT2D eigenvalue weighted by Crippen LogP contribution is -2.45. The van der Waals surface area contributed by atoms with Gasteiger partial charge in [0.25, 0.3) is 5.91 Å². The van der Waals surface area contributed by atoms with Crippen LogP contribution >= 0.6 is 11.8 Å². The zero-order valence-electron chi connectivity index (χ0n) is 19.7. The van der Waals surface area contributed by atoms with Crippen molar-refractivity contribution in [1.82, 2.24) is 4.90 Å². The minimum atomic E-state index is -0.637. The Morgan fingerprint density at radius 1 is 0.912 bits per heavy atom. The van der Waals surface area contributed by atoms with Crippen LogP contribution in [0.2, 0.25) is 0 Å². The van der Waals surface area contributed by atoms with Crippen molar-refractivity contribution in [2.24, 2.45) is 0 Å². The largest absolute Gasteiger partial charge is 0.497 e. The molecule has 3 aromatic carbocycles. The van der Waals surface area contributed by atoms with Crippen LogP contribution in [0.5, 0.6) is 11.5 Å². The molecular weight excluding hydrogens is 448 g/mol. The number of aryl methyl sites for hydroxylation is 2. The molecule has 0 spiro atoms. The average molecular weight is 477 g/mol. The Hall–Kier alpha value is -3.45. The molecule has 0 saturated carbocycles. The molecular formula is C27H28N2O4S. The number of methoxy groups -OCH3 is 2. The molecule has 2 atom stereocenters. The lowest BCUT2D eigenvalue weighted by molar-refractivity contribution is -0.119. The smallest absolute Gasteiger partial charge is 0.256 e. The van der Waals surface area contributed by atoms with E-state index >= 15 is 0 Å². The Morgan fingerprint density at radius 2 is 1.59 bits per heavy atom. The van der Waals surface area contributed by atoms with Gasteiger partial charge in [0.05, 0.1) is 14.2 Å². The van der Waals surface area contributed by atoms with E-state index in [-0.39, 0.29) is 17.2 Å². The second-order valence-electron chi connectivity index (χ2n) is 8.21. The third-order valence-corrected chi connectivity index (χ3v) is 7.32. The Labute approximate surface area is 204 Å². The number of nitrogens with one attached hydrogen (secondary N) is 1. The van der Waals surface area contributed by atoms with Crippen molar-refractivity contribution in [3.05, 3.63) is 89.0 Å². The summed E-state index contributed by atoms with van der Waals surface area (Å²) in [6, 6.07) is 20.0. The predicted molar refractivity (Wildman–Crippen MR) is 136 cm³/mol. The highest BCUT2D eigenvalue weighted by atomic mass is 32.2. The second kappa shape index (κ2) is 10.2. The first kappa shape index (κ1) is 23.7. The minimum Gasteiger partial charge on any atom is -0.497 e. The van der Waals surface area contributed by atoms with Crippen LogP contribution in [0.15, 0.2) is 66.7 Å². The molecule has 0 aromatic heterocycles. The van der Waals surface area contributed by atoms with Gasteiger partial charge in [-0.25, -0.2) is 0 Å². The SMILES string of the molecule is COc1cc(OC)cc(C(=O)N2C(C(=O)Nc3ccc(C)c(C)c3)CSC2c2ccccc2)c1. The van der Waals surface area contributed by atoms with E-state index in [1.54, 1.807) is 49.1 Å². The molecule has 34 heavy (non-hydrogen) atoms. The van der Waals surface area contributed by atoms with Crippen molar-refractivity contribution < 1.29 is 19.1 Å². The first-order valence-electron chi connectivity index (χ1n) is 11.0. The van der Waals surface area contributed by atoms with E-state index in [1.165, 1.54) is 0 Å². The topological polar surface area (TPSA) is 67.9 Å². The lowest BCUT2D eigenvalue weighted by atomic mass is 10.1. The van der Waals surface area contributed by atoms with Gasteiger partial charge < -0.3 is 19.7 Å². The highest BCUT2D eigenvalue weighted by molar-refractivity contribution is 7.99. The summed E-state index contributed by atoms with van der Waals surface area (Å²) < 4.78 is 10.7. The Balaban J connectivity index is 1.69. The summed E-state index contributed by atoms with van der Waals surface area (Å²) in [5.41, 5.74) is 4.34. The van der Waals surface area contributed by atoms with Crippen LogP contribution in [-0.2, 0) is 4.79 Å². The van der Waals surface area contributed by atoms with Crippen LogP contribution in [0.1, 0.15) is 32.4 Å². The zero-order valence-corrected chi connectivity index (χ0v) is 20.5. The zero-order chi connectivity index (χ0) is 24.2. The molecule has 0 radical (unpaired) electrons. The summed E-state index contributed by atoms with van der Waals surface area (Å²) in [7, 11) is 3.09. The number of carbonyl (C=O) groups is 2. The average Bonchev–Trinajstić information content (AvgIpc) is 3.31. The lowest BCUT2D eigenvalue weighted by Gasteiger charge is -2.29. The van der Waals surface area contributed by atoms with E-state index < -0.39 is 6.04 Å². The van der Waals surface area contributed by atoms with E-state index in [2.05, 4.69) is 5.32 Å². The molecule has 1 aliphatic rings. The van der Waals surface area contributed by atoms with Gasteiger partial charge in [0.1, 0.15) is 22.9 Å². The number of hydrogen-bond donors (Lipinski definition) is 1. The van der Waals surface area contributed by atoms with Gasteiger partial charge in [-0.05, 0) is 54.8 Å².